The highest BCUT2D eigenvalue weighted by atomic mass is 16.5. The van der Waals surface area contributed by atoms with Gasteiger partial charge in [0.2, 0.25) is 0 Å². The van der Waals surface area contributed by atoms with Crippen LogP contribution in [0.1, 0.15) is 70.8 Å². The van der Waals surface area contributed by atoms with E-state index < -0.39 is 11.2 Å². The largest absolute Gasteiger partial charge is 0.472 e. The first-order valence-corrected chi connectivity index (χ1v) is 12.8. The number of ether oxygens (including phenoxy) is 2. The lowest BCUT2D eigenvalue weighted by Crippen LogP contribution is -2.64. The molecule has 4 nitrogen and oxygen atoms in total. The molecular weight excluding hydrogens is 412 g/mol. The van der Waals surface area contributed by atoms with Gasteiger partial charge in [0.25, 0.3) is 0 Å². The van der Waals surface area contributed by atoms with E-state index in [-0.39, 0.29) is 22.9 Å². The molecule has 1 N–H and O–H groups in total. The summed E-state index contributed by atoms with van der Waals surface area (Å²) in [5.74, 6) is 0.778. The van der Waals surface area contributed by atoms with Crippen LogP contribution in [0.15, 0.2) is 60.0 Å². The fourth-order valence-corrected chi connectivity index (χ4v) is 8.46. The standard InChI is InChI=1S/C29H40O4/c1-5-16-32-23-9-12-26(3)21(19-23)7-8-25-24(26)10-13-27(4)28(25,30)14-15-29(27,33-17-6-2)22-11-18-31-20-22/h5-6,11,18-20,23-25,30H,1-2,7-10,12-17H2,3-4H3/t23?,24-,25-,26+,27+,28-,29?/m1/s1. The maximum Gasteiger partial charge on any atom is 0.105 e. The van der Waals surface area contributed by atoms with Gasteiger partial charge < -0.3 is 19.0 Å². The molecule has 0 aromatic carbocycles. The molecule has 3 fully saturated rings. The van der Waals surface area contributed by atoms with Crippen LogP contribution in [0.25, 0.3) is 0 Å². The molecule has 1 aromatic rings. The molecule has 1 heterocycles. The normalized spacial score (nSPS) is 44.3. The second kappa shape index (κ2) is 8.25. The quantitative estimate of drug-likeness (QED) is 0.491. The molecule has 0 aliphatic heterocycles. The second-order valence-electron chi connectivity index (χ2n) is 11.3. The van der Waals surface area contributed by atoms with Crippen molar-refractivity contribution < 1.29 is 19.0 Å². The molecule has 180 valence electrons. The zero-order valence-electron chi connectivity index (χ0n) is 20.4. The highest BCUT2D eigenvalue weighted by Crippen LogP contribution is 2.72. The van der Waals surface area contributed by atoms with Gasteiger partial charge in [-0.15, -0.1) is 13.2 Å². The Morgan fingerprint density at radius 2 is 1.88 bits per heavy atom. The van der Waals surface area contributed by atoms with Crippen molar-refractivity contribution in [2.24, 2.45) is 22.7 Å². The molecule has 4 aliphatic rings. The summed E-state index contributed by atoms with van der Waals surface area (Å²) in [6, 6.07) is 2.03. The third-order valence-electron chi connectivity index (χ3n) is 10.2. The van der Waals surface area contributed by atoms with Crippen molar-refractivity contribution in [3.05, 3.63) is 61.1 Å². The van der Waals surface area contributed by atoms with E-state index in [1.807, 2.05) is 24.5 Å². The lowest BCUT2D eigenvalue weighted by Gasteiger charge is -2.63. The van der Waals surface area contributed by atoms with Gasteiger partial charge >= 0.3 is 0 Å². The average molecular weight is 453 g/mol. The molecule has 0 amide bonds. The smallest absolute Gasteiger partial charge is 0.105 e. The summed E-state index contributed by atoms with van der Waals surface area (Å²) in [4.78, 5) is 0. The van der Waals surface area contributed by atoms with E-state index in [0.717, 1.165) is 56.9 Å². The van der Waals surface area contributed by atoms with Gasteiger partial charge in [0.05, 0.1) is 37.4 Å². The van der Waals surface area contributed by atoms with Gasteiger partial charge in [-0.25, -0.2) is 0 Å². The van der Waals surface area contributed by atoms with E-state index in [0.29, 0.717) is 19.1 Å². The molecule has 4 heteroatoms. The van der Waals surface area contributed by atoms with Gasteiger partial charge in [-0.3, -0.25) is 0 Å². The van der Waals surface area contributed by atoms with Crippen molar-refractivity contribution >= 4 is 0 Å². The number of rotatable bonds is 7. The first-order valence-electron chi connectivity index (χ1n) is 12.8. The first kappa shape index (κ1) is 23.1. The van der Waals surface area contributed by atoms with Gasteiger partial charge in [-0.2, -0.15) is 0 Å². The predicted molar refractivity (Wildman–Crippen MR) is 130 cm³/mol. The lowest BCUT2D eigenvalue weighted by molar-refractivity contribution is -0.233. The van der Waals surface area contributed by atoms with Gasteiger partial charge in [-0.1, -0.05) is 37.6 Å². The highest BCUT2D eigenvalue weighted by molar-refractivity contribution is 5.33. The number of furan rings is 1. The van der Waals surface area contributed by atoms with Crippen LogP contribution in [0, 0.1) is 22.7 Å². The Hall–Kier alpha value is -1.62. The average Bonchev–Trinajstić information content (AvgIpc) is 3.42. The van der Waals surface area contributed by atoms with E-state index >= 15 is 0 Å². The van der Waals surface area contributed by atoms with Crippen LogP contribution < -0.4 is 0 Å². The molecule has 0 radical (unpaired) electrons. The summed E-state index contributed by atoms with van der Waals surface area (Å²) in [7, 11) is 0. The van der Waals surface area contributed by atoms with E-state index in [1.54, 1.807) is 11.8 Å². The number of aliphatic hydroxyl groups is 1. The monoisotopic (exact) mass is 452 g/mol. The summed E-state index contributed by atoms with van der Waals surface area (Å²) < 4.78 is 18.1. The lowest BCUT2D eigenvalue weighted by atomic mass is 9.44. The Bertz CT molecular complexity index is 918. The molecule has 0 bridgehead atoms. The van der Waals surface area contributed by atoms with E-state index in [2.05, 4.69) is 33.1 Å². The summed E-state index contributed by atoms with van der Waals surface area (Å²) in [6.07, 6.45) is 17.7. The molecule has 5 rings (SSSR count). The van der Waals surface area contributed by atoms with Crippen molar-refractivity contribution in [1.82, 2.24) is 0 Å². The van der Waals surface area contributed by atoms with Crippen LogP contribution in [0.3, 0.4) is 0 Å². The van der Waals surface area contributed by atoms with E-state index in [9.17, 15) is 5.11 Å². The molecule has 0 spiro atoms. The maximum absolute atomic E-state index is 12.6. The Kier molecular flexibility index (Phi) is 5.78. The van der Waals surface area contributed by atoms with Crippen molar-refractivity contribution in [2.75, 3.05) is 13.2 Å². The zero-order valence-corrected chi connectivity index (χ0v) is 20.4. The summed E-state index contributed by atoms with van der Waals surface area (Å²) in [5, 5.41) is 12.6. The number of hydrogen-bond acceptors (Lipinski definition) is 4. The van der Waals surface area contributed by atoms with Gasteiger partial charge in [0.15, 0.2) is 0 Å². The van der Waals surface area contributed by atoms with Crippen molar-refractivity contribution in [3.63, 3.8) is 0 Å². The van der Waals surface area contributed by atoms with Crippen molar-refractivity contribution in [3.8, 4) is 0 Å². The number of fused-ring (bicyclic) bond motifs is 5. The van der Waals surface area contributed by atoms with E-state index in [4.69, 9.17) is 13.9 Å². The molecule has 0 saturated heterocycles. The van der Waals surface area contributed by atoms with Crippen LogP contribution in [-0.2, 0) is 15.1 Å². The molecular formula is C29H40O4. The minimum absolute atomic E-state index is 0.150. The van der Waals surface area contributed by atoms with E-state index in [1.165, 1.54) is 0 Å². The van der Waals surface area contributed by atoms with Crippen LogP contribution in [0.2, 0.25) is 0 Å². The molecule has 33 heavy (non-hydrogen) atoms. The molecule has 1 aromatic heterocycles. The van der Waals surface area contributed by atoms with Gasteiger partial charge in [0.1, 0.15) is 5.60 Å². The Morgan fingerprint density at radius 3 is 2.61 bits per heavy atom. The van der Waals surface area contributed by atoms with Crippen LogP contribution >= 0.6 is 0 Å². The predicted octanol–water partition coefficient (Wildman–Crippen LogP) is 6.33. The van der Waals surface area contributed by atoms with Crippen LogP contribution in [0.4, 0.5) is 0 Å². The molecule has 4 aliphatic carbocycles. The molecule has 7 atom stereocenters. The first-order chi connectivity index (χ1) is 15.8. The summed E-state index contributed by atoms with van der Waals surface area (Å²) in [6.45, 7) is 13.5. The van der Waals surface area contributed by atoms with Crippen molar-refractivity contribution in [2.45, 2.75) is 82.5 Å². The Morgan fingerprint density at radius 1 is 1.06 bits per heavy atom. The fraction of sp³-hybridized carbons (Fsp3) is 0.655. The minimum atomic E-state index is -0.751. The summed E-state index contributed by atoms with van der Waals surface area (Å²) >= 11 is 0. The maximum atomic E-state index is 12.6. The fourth-order valence-electron chi connectivity index (χ4n) is 8.46. The zero-order chi connectivity index (χ0) is 23.3. The number of hydrogen-bond donors (Lipinski definition) is 1. The third-order valence-corrected chi connectivity index (χ3v) is 10.2. The van der Waals surface area contributed by atoms with Gasteiger partial charge in [-0.05, 0) is 74.7 Å². The molecule has 3 saturated carbocycles. The third kappa shape index (κ3) is 3.13. The number of allylic oxidation sites excluding steroid dienone is 1. The summed E-state index contributed by atoms with van der Waals surface area (Å²) in [5.41, 5.74) is 1.11. The van der Waals surface area contributed by atoms with Gasteiger partial charge in [0, 0.05) is 11.0 Å². The van der Waals surface area contributed by atoms with Crippen LogP contribution in [-0.4, -0.2) is 30.0 Å². The second-order valence-corrected chi connectivity index (χ2v) is 11.3. The topological polar surface area (TPSA) is 51.8 Å². The Balaban J connectivity index is 1.49. The highest BCUT2D eigenvalue weighted by Gasteiger charge is 2.72. The Labute approximate surface area is 198 Å². The molecule has 2 unspecified atom stereocenters. The van der Waals surface area contributed by atoms with Crippen molar-refractivity contribution in [1.29, 1.82) is 0 Å². The SMILES string of the molecule is C=CCOC1C=C2CC[C@@H]3[C@@H](CC[C@]4(C)C(OCC=C)(c5ccoc5)CC[C@@]34O)[C@@]2(C)CC1. The minimum Gasteiger partial charge on any atom is -0.472 e. The van der Waals surface area contributed by atoms with Crippen LogP contribution in [0.5, 0.6) is 0 Å².